The van der Waals surface area contributed by atoms with Gasteiger partial charge in [0.1, 0.15) is 5.60 Å². The number of rotatable bonds is 7. The lowest BCUT2D eigenvalue weighted by atomic mass is 9.91. The van der Waals surface area contributed by atoms with Gasteiger partial charge in [0.2, 0.25) is 0 Å². The highest BCUT2D eigenvalue weighted by Crippen LogP contribution is 2.46. The van der Waals surface area contributed by atoms with Crippen molar-refractivity contribution in [2.75, 3.05) is 13.1 Å². The highest BCUT2D eigenvalue weighted by molar-refractivity contribution is 5.88. The van der Waals surface area contributed by atoms with Gasteiger partial charge >= 0.3 is 18.1 Å². The fraction of sp³-hybridized carbons (Fsp3) is 0.423. The molecule has 1 aliphatic heterocycles. The Kier molecular flexibility index (Phi) is 6.98. The number of piperidine rings is 1. The van der Waals surface area contributed by atoms with Gasteiger partial charge in [0.15, 0.2) is 0 Å². The van der Waals surface area contributed by atoms with E-state index in [2.05, 4.69) is 4.99 Å². The standard InChI is InChI=1S/C26H27F3N2O4/c1-17(32)35-25(16-30-21-7-5-20(6-8-21)24(33)34)10-12-31(13-11-25)15-18-2-9-22(19-3-4-19)23(14-18)26(27,28)29/h2,5-9,14,16,19H,3-4,10-13,15H2,1H3,(H,33,34). The predicted molar refractivity (Wildman–Crippen MR) is 124 cm³/mol. The van der Waals surface area contributed by atoms with Crippen molar-refractivity contribution in [3.63, 3.8) is 0 Å². The van der Waals surface area contributed by atoms with Gasteiger partial charge in [0.25, 0.3) is 0 Å². The maximum atomic E-state index is 13.6. The van der Waals surface area contributed by atoms with Crippen LogP contribution in [0.25, 0.3) is 0 Å². The van der Waals surface area contributed by atoms with Gasteiger partial charge in [0.05, 0.1) is 16.8 Å². The second-order valence-corrected chi connectivity index (χ2v) is 9.24. The number of hydrogen-bond donors (Lipinski definition) is 1. The largest absolute Gasteiger partial charge is 0.478 e. The van der Waals surface area contributed by atoms with Gasteiger partial charge in [-0.2, -0.15) is 13.2 Å². The van der Waals surface area contributed by atoms with Crippen LogP contribution in [0.1, 0.15) is 65.6 Å². The van der Waals surface area contributed by atoms with Crippen LogP contribution in [0.5, 0.6) is 0 Å². The van der Waals surface area contributed by atoms with E-state index in [1.165, 1.54) is 25.1 Å². The first-order chi connectivity index (χ1) is 16.5. The van der Waals surface area contributed by atoms with Gasteiger partial charge in [-0.3, -0.25) is 14.7 Å². The average Bonchev–Trinajstić information content (AvgIpc) is 3.64. The lowest BCUT2D eigenvalue weighted by Crippen LogP contribution is -2.47. The Bertz CT molecular complexity index is 1120. The molecular formula is C26H27F3N2O4. The molecule has 9 heteroatoms. The van der Waals surface area contributed by atoms with Crippen LogP contribution < -0.4 is 0 Å². The summed E-state index contributed by atoms with van der Waals surface area (Å²) >= 11 is 0. The summed E-state index contributed by atoms with van der Waals surface area (Å²) in [7, 11) is 0. The van der Waals surface area contributed by atoms with Gasteiger partial charge in [-0.25, -0.2) is 4.79 Å². The van der Waals surface area contributed by atoms with Crippen molar-refractivity contribution in [2.45, 2.75) is 56.8 Å². The lowest BCUT2D eigenvalue weighted by Gasteiger charge is -2.38. The molecule has 0 bridgehead atoms. The minimum atomic E-state index is -4.38. The highest BCUT2D eigenvalue weighted by Gasteiger charge is 2.39. The van der Waals surface area contributed by atoms with E-state index < -0.39 is 29.3 Å². The number of esters is 1. The molecule has 0 amide bonds. The summed E-state index contributed by atoms with van der Waals surface area (Å²) in [6, 6.07) is 10.7. The number of carbonyl (C=O) groups is 2. The van der Waals surface area contributed by atoms with Crippen molar-refractivity contribution in [2.24, 2.45) is 4.99 Å². The Morgan fingerprint density at radius 2 is 1.80 bits per heavy atom. The highest BCUT2D eigenvalue weighted by atomic mass is 19.4. The fourth-order valence-corrected chi connectivity index (χ4v) is 4.47. The molecular weight excluding hydrogens is 461 g/mol. The normalized spacial score (nSPS) is 18.5. The Labute approximate surface area is 201 Å². The zero-order valence-electron chi connectivity index (χ0n) is 19.3. The molecule has 6 nitrogen and oxygen atoms in total. The van der Waals surface area contributed by atoms with Crippen LogP contribution in [0.15, 0.2) is 47.5 Å². The Balaban J connectivity index is 1.44. The van der Waals surface area contributed by atoms with Crippen LogP contribution in [-0.4, -0.2) is 46.9 Å². The molecule has 0 radical (unpaired) electrons. The second kappa shape index (κ2) is 9.81. The molecule has 1 saturated heterocycles. The SMILES string of the molecule is CC(=O)OC1(C=Nc2ccc(C(=O)O)cc2)CCN(Cc2ccc(C3CC3)c(C(F)(F)F)c2)CC1. The first kappa shape index (κ1) is 24.9. The van der Waals surface area contributed by atoms with Crippen molar-refractivity contribution in [1.29, 1.82) is 0 Å². The van der Waals surface area contributed by atoms with Gasteiger partial charge in [-0.05, 0) is 60.2 Å². The second-order valence-electron chi connectivity index (χ2n) is 9.24. The molecule has 1 N–H and O–H groups in total. The number of hydrogen-bond acceptors (Lipinski definition) is 5. The van der Waals surface area contributed by atoms with E-state index in [-0.39, 0.29) is 11.5 Å². The van der Waals surface area contributed by atoms with Crippen LogP contribution in [0.2, 0.25) is 0 Å². The molecule has 1 heterocycles. The number of aromatic carboxylic acids is 1. The van der Waals surface area contributed by atoms with Crippen LogP contribution in [0, 0.1) is 0 Å². The molecule has 0 aromatic heterocycles. The molecule has 0 spiro atoms. The monoisotopic (exact) mass is 488 g/mol. The van der Waals surface area contributed by atoms with E-state index in [0.717, 1.165) is 12.8 Å². The summed E-state index contributed by atoms with van der Waals surface area (Å²) in [6.45, 7) is 2.73. The van der Waals surface area contributed by atoms with Crippen LogP contribution in [-0.2, 0) is 22.3 Å². The van der Waals surface area contributed by atoms with Crippen LogP contribution in [0.3, 0.4) is 0 Å². The summed E-state index contributed by atoms with van der Waals surface area (Å²) in [5.74, 6) is -1.47. The number of ether oxygens (including phenoxy) is 1. The van der Waals surface area contributed by atoms with E-state index in [1.54, 1.807) is 30.5 Å². The topological polar surface area (TPSA) is 79.2 Å². The fourth-order valence-electron chi connectivity index (χ4n) is 4.47. The van der Waals surface area contributed by atoms with E-state index in [9.17, 15) is 22.8 Å². The number of carboxylic acid groups (broad SMARTS) is 1. The maximum Gasteiger partial charge on any atom is 0.416 e. The number of carbonyl (C=O) groups excluding carboxylic acids is 1. The summed E-state index contributed by atoms with van der Waals surface area (Å²) in [5.41, 5.74) is 0.200. The number of nitrogens with zero attached hydrogens (tertiary/aromatic N) is 2. The van der Waals surface area contributed by atoms with Crippen molar-refractivity contribution in [3.8, 4) is 0 Å². The molecule has 2 aromatic rings. The number of carboxylic acids is 1. The van der Waals surface area contributed by atoms with Crippen molar-refractivity contribution in [1.82, 2.24) is 4.90 Å². The molecule has 4 rings (SSSR count). The Morgan fingerprint density at radius 3 is 2.34 bits per heavy atom. The lowest BCUT2D eigenvalue weighted by molar-refractivity contribution is -0.153. The van der Waals surface area contributed by atoms with E-state index in [1.807, 2.05) is 4.90 Å². The molecule has 1 saturated carbocycles. The molecule has 2 fully saturated rings. The van der Waals surface area contributed by atoms with E-state index in [4.69, 9.17) is 9.84 Å². The molecule has 1 aliphatic carbocycles. The van der Waals surface area contributed by atoms with Gasteiger partial charge in [-0.1, -0.05) is 12.1 Å². The smallest absolute Gasteiger partial charge is 0.416 e. The Hall–Kier alpha value is -3.20. The predicted octanol–water partition coefficient (Wildman–Crippen LogP) is 5.58. The first-order valence-corrected chi connectivity index (χ1v) is 11.6. The third-order valence-electron chi connectivity index (χ3n) is 6.46. The number of benzene rings is 2. The zero-order chi connectivity index (χ0) is 25.2. The van der Waals surface area contributed by atoms with E-state index >= 15 is 0 Å². The van der Waals surface area contributed by atoms with Crippen molar-refractivity contribution < 1.29 is 32.6 Å². The molecule has 2 aliphatic rings. The third kappa shape index (κ3) is 6.28. The summed E-state index contributed by atoms with van der Waals surface area (Å²) in [6.07, 6.45) is -0.311. The van der Waals surface area contributed by atoms with Gasteiger partial charge in [-0.15, -0.1) is 0 Å². The van der Waals surface area contributed by atoms with Crippen molar-refractivity contribution >= 4 is 23.8 Å². The molecule has 2 aromatic carbocycles. The van der Waals surface area contributed by atoms with Crippen LogP contribution in [0.4, 0.5) is 18.9 Å². The molecule has 35 heavy (non-hydrogen) atoms. The maximum absolute atomic E-state index is 13.6. The minimum Gasteiger partial charge on any atom is -0.478 e. The first-order valence-electron chi connectivity index (χ1n) is 11.6. The third-order valence-corrected chi connectivity index (χ3v) is 6.46. The van der Waals surface area contributed by atoms with Crippen LogP contribution >= 0.6 is 0 Å². The van der Waals surface area contributed by atoms with E-state index in [0.29, 0.717) is 49.3 Å². The molecule has 186 valence electrons. The number of likely N-dealkylation sites (tertiary alicyclic amines) is 1. The summed E-state index contributed by atoms with van der Waals surface area (Å²) in [5, 5.41) is 9.02. The molecule has 0 atom stereocenters. The minimum absolute atomic E-state index is 0.0135. The number of alkyl halides is 3. The summed E-state index contributed by atoms with van der Waals surface area (Å²) in [4.78, 5) is 29.2. The zero-order valence-corrected chi connectivity index (χ0v) is 19.3. The van der Waals surface area contributed by atoms with Gasteiger partial charge in [0, 0.05) is 45.6 Å². The average molecular weight is 489 g/mol. The number of halogens is 3. The molecule has 0 unspecified atom stereocenters. The number of aliphatic imine (C=N–C) groups is 1. The quantitative estimate of drug-likeness (QED) is 0.407. The Morgan fingerprint density at radius 1 is 1.14 bits per heavy atom. The van der Waals surface area contributed by atoms with Gasteiger partial charge < -0.3 is 9.84 Å². The summed E-state index contributed by atoms with van der Waals surface area (Å²) < 4.78 is 46.4. The van der Waals surface area contributed by atoms with Crippen molar-refractivity contribution in [3.05, 3.63) is 64.7 Å².